The SMILES string of the molecule is Cc1nc(NC(=O)c2ccccc2F)n[nH]1. The third kappa shape index (κ3) is 2.05. The maximum Gasteiger partial charge on any atom is 0.261 e. The lowest BCUT2D eigenvalue weighted by Gasteiger charge is -2.01. The first-order chi connectivity index (χ1) is 7.66. The highest BCUT2D eigenvalue weighted by molar-refractivity contribution is 6.03. The molecule has 0 saturated heterocycles. The van der Waals surface area contributed by atoms with Crippen molar-refractivity contribution < 1.29 is 9.18 Å². The first kappa shape index (κ1) is 10.3. The van der Waals surface area contributed by atoms with Crippen molar-refractivity contribution in [2.24, 2.45) is 0 Å². The van der Waals surface area contributed by atoms with Crippen LogP contribution in [0.25, 0.3) is 0 Å². The lowest BCUT2D eigenvalue weighted by atomic mass is 10.2. The van der Waals surface area contributed by atoms with E-state index >= 15 is 0 Å². The van der Waals surface area contributed by atoms with Gasteiger partial charge >= 0.3 is 0 Å². The van der Waals surface area contributed by atoms with Crippen molar-refractivity contribution in [2.45, 2.75) is 6.92 Å². The second-order valence-corrected chi connectivity index (χ2v) is 3.18. The van der Waals surface area contributed by atoms with Crippen LogP contribution in [0.3, 0.4) is 0 Å². The maximum absolute atomic E-state index is 13.2. The summed E-state index contributed by atoms with van der Waals surface area (Å²) in [7, 11) is 0. The van der Waals surface area contributed by atoms with Crippen molar-refractivity contribution in [2.75, 3.05) is 5.32 Å². The molecule has 0 aliphatic heterocycles. The van der Waals surface area contributed by atoms with Crippen LogP contribution >= 0.6 is 0 Å². The number of aromatic nitrogens is 3. The van der Waals surface area contributed by atoms with Crippen LogP contribution in [0.1, 0.15) is 16.2 Å². The molecule has 5 nitrogen and oxygen atoms in total. The van der Waals surface area contributed by atoms with Crippen LogP contribution in [0.2, 0.25) is 0 Å². The molecule has 0 bridgehead atoms. The summed E-state index contributed by atoms with van der Waals surface area (Å²) in [5.74, 6) is -0.445. The van der Waals surface area contributed by atoms with Crippen LogP contribution in [0.5, 0.6) is 0 Å². The van der Waals surface area contributed by atoms with Crippen molar-refractivity contribution in [1.29, 1.82) is 0 Å². The third-order valence-corrected chi connectivity index (χ3v) is 1.94. The zero-order valence-corrected chi connectivity index (χ0v) is 8.49. The summed E-state index contributed by atoms with van der Waals surface area (Å²) < 4.78 is 13.2. The van der Waals surface area contributed by atoms with Crippen LogP contribution in [0.15, 0.2) is 24.3 Å². The number of hydrogen-bond acceptors (Lipinski definition) is 3. The molecule has 0 spiro atoms. The van der Waals surface area contributed by atoms with E-state index in [2.05, 4.69) is 20.5 Å². The Morgan fingerprint density at radius 1 is 1.44 bits per heavy atom. The van der Waals surface area contributed by atoms with E-state index in [9.17, 15) is 9.18 Å². The highest BCUT2D eigenvalue weighted by atomic mass is 19.1. The number of amides is 1. The number of aromatic amines is 1. The molecular formula is C10H9FN4O. The predicted molar refractivity (Wildman–Crippen MR) is 55.5 cm³/mol. The monoisotopic (exact) mass is 220 g/mol. The number of H-pyrrole nitrogens is 1. The van der Waals surface area contributed by atoms with Gasteiger partial charge in [0.15, 0.2) is 0 Å². The quantitative estimate of drug-likeness (QED) is 0.805. The van der Waals surface area contributed by atoms with Gasteiger partial charge in [0.25, 0.3) is 5.91 Å². The average molecular weight is 220 g/mol. The van der Waals surface area contributed by atoms with E-state index in [-0.39, 0.29) is 11.5 Å². The van der Waals surface area contributed by atoms with Gasteiger partial charge in [-0.25, -0.2) is 4.39 Å². The lowest BCUT2D eigenvalue weighted by molar-refractivity contribution is 0.102. The zero-order valence-electron chi connectivity index (χ0n) is 8.49. The van der Waals surface area contributed by atoms with Gasteiger partial charge in [-0.3, -0.25) is 15.2 Å². The van der Waals surface area contributed by atoms with Gasteiger partial charge in [-0.05, 0) is 19.1 Å². The molecule has 0 saturated carbocycles. The third-order valence-electron chi connectivity index (χ3n) is 1.94. The lowest BCUT2D eigenvalue weighted by Crippen LogP contribution is -2.14. The molecule has 6 heteroatoms. The molecule has 1 aromatic carbocycles. The van der Waals surface area contributed by atoms with Gasteiger partial charge in [0.2, 0.25) is 5.95 Å². The molecule has 2 aromatic rings. The minimum atomic E-state index is -0.577. The van der Waals surface area contributed by atoms with Crippen LogP contribution in [-0.4, -0.2) is 21.1 Å². The number of halogens is 1. The van der Waals surface area contributed by atoms with E-state index in [1.165, 1.54) is 18.2 Å². The van der Waals surface area contributed by atoms with E-state index in [4.69, 9.17) is 0 Å². The van der Waals surface area contributed by atoms with Crippen LogP contribution in [0, 0.1) is 12.7 Å². The highest BCUT2D eigenvalue weighted by Crippen LogP contribution is 2.08. The second-order valence-electron chi connectivity index (χ2n) is 3.18. The van der Waals surface area contributed by atoms with Gasteiger partial charge < -0.3 is 0 Å². The molecule has 1 heterocycles. The molecule has 1 aromatic heterocycles. The molecule has 2 rings (SSSR count). The van der Waals surface area contributed by atoms with E-state index in [0.717, 1.165) is 0 Å². The minimum Gasteiger partial charge on any atom is -0.289 e. The number of hydrogen-bond donors (Lipinski definition) is 2. The van der Waals surface area contributed by atoms with E-state index in [1.54, 1.807) is 13.0 Å². The Hall–Kier alpha value is -2.24. The Morgan fingerprint density at radius 2 is 2.19 bits per heavy atom. The largest absolute Gasteiger partial charge is 0.289 e. The van der Waals surface area contributed by atoms with Crippen LogP contribution in [-0.2, 0) is 0 Å². The predicted octanol–water partition coefficient (Wildman–Crippen LogP) is 1.50. The van der Waals surface area contributed by atoms with Crippen molar-refractivity contribution in [3.63, 3.8) is 0 Å². The Kier molecular flexibility index (Phi) is 2.63. The molecule has 0 aliphatic carbocycles. The summed E-state index contributed by atoms with van der Waals surface area (Å²) in [6, 6.07) is 5.71. The minimum absolute atomic E-state index is 0.0371. The molecule has 0 atom stereocenters. The first-order valence-electron chi connectivity index (χ1n) is 4.61. The Labute approximate surface area is 90.7 Å². The van der Waals surface area contributed by atoms with Gasteiger partial charge in [0.1, 0.15) is 11.6 Å². The van der Waals surface area contributed by atoms with Gasteiger partial charge in [-0.15, -0.1) is 5.10 Å². The molecule has 0 radical (unpaired) electrons. The first-order valence-corrected chi connectivity index (χ1v) is 4.61. The maximum atomic E-state index is 13.2. The molecule has 0 aliphatic rings. The fourth-order valence-corrected chi connectivity index (χ4v) is 1.21. The summed E-state index contributed by atoms with van der Waals surface area (Å²) in [5.41, 5.74) is -0.0371. The number of aryl methyl sites for hydroxylation is 1. The van der Waals surface area contributed by atoms with Gasteiger partial charge in [-0.2, -0.15) is 4.98 Å². The van der Waals surface area contributed by atoms with E-state index < -0.39 is 11.7 Å². The molecule has 0 unspecified atom stereocenters. The number of rotatable bonds is 2. The molecule has 2 N–H and O–H groups in total. The number of carbonyl (C=O) groups is 1. The normalized spacial score (nSPS) is 10.1. The number of anilines is 1. The summed E-state index contributed by atoms with van der Waals surface area (Å²) in [6.45, 7) is 1.70. The number of nitrogens with zero attached hydrogens (tertiary/aromatic N) is 2. The fraction of sp³-hybridized carbons (Fsp3) is 0.100. The summed E-state index contributed by atoms with van der Waals surface area (Å²) in [4.78, 5) is 15.5. The molecule has 82 valence electrons. The van der Waals surface area contributed by atoms with E-state index in [1.807, 2.05) is 0 Å². The Morgan fingerprint density at radius 3 is 2.81 bits per heavy atom. The van der Waals surface area contributed by atoms with Crippen LogP contribution < -0.4 is 5.32 Å². The molecule has 1 amide bonds. The standard InChI is InChI=1S/C10H9FN4O/c1-6-12-10(15-14-6)13-9(16)7-4-2-3-5-8(7)11/h2-5H,1H3,(H2,12,13,14,15,16). The van der Waals surface area contributed by atoms with Gasteiger partial charge in [-0.1, -0.05) is 12.1 Å². The van der Waals surface area contributed by atoms with E-state index in [0.29, 0.717) is 5.82 Å². The van der Waals surface area contributed by atoms with Crippen LogP contribution in [0.4, 0.5) is 10.3 Å². The number of benzene rings is 1. The topological polar surface area (TPSA) is 70.7 Å². The second kappa shape index (κ2) is 4.09. The average Bonchev–Trinajstić information content (AvgIpc) is 2.64. The fourth-order valence-electron chi connectivity index (χ4n) is 1.21. The van der Waals surface area contributed by atoms with Crippen molar-refractivity contribution in [1.82, 2.24) is 15.2 Å². The Bertz CT molecular complexity index is 523. The highest BCUT2D eigenvalue weighted by Gasteiger charge is 2.12. The van der Waals surface area contributed by atoms with Crippen molar-refractivity contribution >= 4 is 11.9 Å². The van der Waals surface area contributed by atoms with Crippen molar-refractivity contribution in [3.8, 4) is 0 Å². The molecule has 0 fully saturated rings. The van der Waals surface area contributed by atoms with Crippen molar-refractivity contribution in [3.05, 3.63) is 41.5 Å². The number of nitrogens with one attached hydrogen (secondary N) is 2. The zero-order chi connectivity index (χ0) is 11.5. The van der Waals surface area contributed by atoms with Gasteiger partial charge in [0.05, 0.1) is 5.56 Å². The summed E-state index contributed by atoms with van der Waals surface area (Å²) >= 11 is 0. The van der Waals surface area contributed by atoms with Gasteiger partial charge in [0, 0.05) is 0 Å². The summed E-state index contributed by atoms with van der Waals surface area (Å²) in [5, 5.41) is 8.68. The molecule has 16 heavy (non-hydrogen) atoms. The molecular weight excluding hydrogens is 211 g/mol. The summed E-state index contributed by atoms with van der Waals surface area (Å²) in [6.07, 6.45) is 0. The number of carbonyl (C=O) groups excluding carboxylic acids is 1. The smallest absolute Gasteiger partial charge is 0.261 e. The Balaban J connectivity index is 2.18.